The van der Waals surface area contributed by atoms with Crippen LogP contribution in [0.3, 0.4) is 0 Å². The number of aliphatic hydroxyl groups is 1. The first-order chi connectivity index (χ1) is 6.19. The maximum atomic E-state index is 10.5. The number of nitrogens with zero attached hydrogens (tertiary/aromatic N) is 1. The summed E-state index contributed by atoms with van der Waals surface area (Å²) >= 11 is 3.15. The third-order valence-corrected chi connectivity index (χ3v) is 2.27. The molecule has 1 N–H and O–H groups in total. The van der Waals surface area contributed by atoms with E-state index in [1.807, 2.05) is 0 Å². The van der Waals surface area contributed by atoms with E-state index in [1.165, 1.54) is 6.07 Å². The molecule has 0 aliphatic carbocycles. The largest absolute Gasteiger partial charge is 0.392 e. The van der Waals surface area contributed by atoms with Gasteiger partial charge in [-0.1, -0.05) is 15.9 Å². The van der Waals surface area contributed by atoms with Crippen LogP contribution in [0.1, 0.15) is 11.1 Å². The molecule has 0 radical (unpaired) electrons. The van der Waals surface area contributed by atoms with Gasteiger partial charge in [-0.15, -0.1) is 0 Å². The van der Waals surface area contributed by atoms with Crippen LogP contribution in [0.15, 0.2) is 18.2 Å². The number of rotatable bonds is 3. The van der Waals surface area contributed by atoms with Gasteiger partial charge in [0.1, 0.15) is 0 Å². The van der Waals surface area contributed by atoms with E-state index >= 15 is 0 Å². The van der Waals surface area contributed by atoms with E-state index in [0.717, 1.165) is 0 Å². The van der Waals surface area contributed by atoms with Crippen LogP contribution < -0.4 is 0 Å². The molecule has 1 aromatic rings. The molecule has 0 saturated carbocycles. The Kier molecular flexibility index (Phi) is 3.39. The zero-order valence-electron chi connectivity index (χ0n) is 6.74. The van der Waals surface area contributed by atoms with Crippen LogP contribution in [-0.4, -0.2) is 10.0 Å². The Morgan fingerprint density at radius 1 is 1.54 bits per heavy atom. The van der Waals surface area contributed by atoms with Gasteiger partial charge in [-0.3, -0.25) is 10.1 Å². The molecule has 0 aliphatic rings. The second-order valence-electron chi connectivity index (χ2n) is 2.51. The predicted molar refractivity (Wildman–Crippen MR) is 51.7 cm³/mol. The predicted octanol–water partition coefficient (Wildman–Crippen LogP) is 1.98. The van der Waals surface area contributed by atoms with Crippen LogP contribution in [0.2, 0.25) is 0 Å². The summed E-state index contributed by atoms with van der Waals surface area (Å²) in [6.07, 6.45) is 0. The first-order valence-corrected chi connectivity index (χ1v) is 4.74. The number of aliphatic hydroxyl groups excluding tert-OH is 1. The molecule has 0 bridgehead atoms. The number of hydrogen-bond acceptors (Lipinski definition) is 3. The van der Waals surface area contributed by atoms with Crippen molar-refractivity contribution in [2.45, 2.75) is 11.9 Å². The summed E-state index contributed by atoms with van der Waals surface area (Å²) in [6, 6.07) is 4.57. The second-order valence-corrected chi connectivity index (χ2v) is 3.07. The average Bonchev–Trinajstić information content (AvgIpc) is 2.16. The minimum absolute atomic E-state index is 0.0778. The Morgan fingerprint density at radius 3 is 2.69 bits per heavy atom. The molecule has 5 heteroatoms. The fourth-order valence-corrected chi connectivity index (χ4v) is 1.47. The van der Waals surface area contributed by atoms with Gasteiger partial charge in [0, 0.05) is 17.0 Å². The zero-order chi connectivity index (χ0) is 9.84. The second kappa shape index (κ2) is 4.34. The molecular weight excluding hydrogens is 238 g/mol. The van der Waals surface area contributed by atoms with E-state index in [1.54, 1.807) is 12.1 Å². The topological polar surface area (TPSA) is 63.4 Å². The number of alkyl halides is 1. The van der Waals surface area contributed by atoms with Crippen molar-refractivity contribution in [3.8, 4) is 0 Å². The first kappa shape index (κ1) is 10.1. The van der Waals surface area contributed by atoms with Gasteiger partial charge in [-0.25, -0.2) is 0 Å². The summed E-state index contributed by atoms with van der Waals surface area (Å²) in [4.78, 5) is 10.1. The van der Waals surface area contributed by atoms with Crippen LogP contribution in [-0.2, 0) is 11.9 Å². The number of nitro groups is 1. The lowest BCUT2D eigenvalue weighted by Crippen LogP contribution is -1.95. The van der Waals surface area contributed by atoms with Crippen molar-refractivity contribution in [1.29, 1.82) is 0 Å². The molecule has 70 valence electrons. The molecule has 0 atom stereocenters. The van der Waals surface area contributed by atoms with Gasteiger partial charge in [-0.05, 0) is 17.7 Å². The molecular formula is C8H8BrNO3. The summed E-state index contributed by atoms with van der Waals surface area (Å²) in [5.41, 5.74) is 1.34. The Morgan fingerprint density at radius 2 is 2.23 bits per heavy atom. The molecule has 0 amide bonds. The summed E-state index contributed by atoms with van der Waals surface area (Å²) < 4.78 is 0. The van der Waals surface area contributed by atoms with E-state index in [4.69, 9.17) is 5.11 Å². The molecule has 1 rings (SSSR count). The van der Waals surface area contributed by atoms with E-state index < -0.39 is 4.92 Å². The third-order valence-electron chi connectivity index (χ3n) is 1.67. The normalized spacial score (nSPS) is 10.0. The molecule has 0 fully saturated rings. The van der Waals surface area contributed by atoms with Crippen molar-refractivity contribution in [2.75, 3.05) is 0 Å². The lowest BCUT2D eigenvalue weighted by atomic mass is 10.1. The average molecular weight is 246 g/mol. The highest BCUT2D eigenvalue weighted by molar-refractivity contribution is 9.08. The van der Waals surface area contributed by atoms with Crippen LogP contribution in [0.5, 0.6) is 0 Å². The van der Waals surface area contributed by atoms with E-state index in [-0.39, 0.29) is 12.3 Å². The number of halogens is 1. The summed E-state index contributed by atoms with van der Waals surface area (Å²) in [5, 5.41) is 19.7. The zero-order valence-corrected chi connectivity index (χ0v) is 8.32. The van der Waals surface area contributed by atoms with Gasteiger partial charge in [0.25, 0.3) is 5.69 Å². The molecule has 0 aromatic heterocycles. The van der Waals surface area contributed by atoms with E-state index in [9.17, 15) is 10.1 Å². The summed E-state index contributed by atoms with van der Waals surface area (Å²) in [6.45, 7) is -0.0992. The van der Waals surface area contributed by atoms with E-state index in [2.05, 4.69) is 15.9 Å². The minimum atomic E-state index is -0.433. The van der Waals surface area contributed by atoms with Crippen molar-refractivity contribution in [2.24, 2.45) is 0 Å². The van der Waals surface area contributed by atoms with E-state index in [0.29, 0.717) is 16.5 Å². The van der Waals surface area contributed by atoms with Gasteiger partial charge in [-0.2, -0.15) is 0 Å². The number of benzene rings is 1. The molecule has 4 nitrogen and oxygen atoms in total. The quantitative estimate of drug-likeness (QED) is 0.503. The monoisotopic (exact) mass is 245 g/mol. The number of hydrogen-bond donors (Lipinski definition) is 1. The molecule has 0 aliphatic heterocycles. The highest BCUT2D eigenvalue weighted by Crippen LogP contribution is 2.22. The van der Waals surface area contributed by atoms with Crippen LogP contribution in [0.4, 0.5) is 5.69 Å². The smallest absolute Gasteiger partial charge is 0.273 e. The Bertz CT molecular complexity index is 327. The van der Waals surface area contributed by atoms with Gasteiger partial charge < -0.3 is 5.11 Å². The van der Waals surface area contributed by atoms with Gasteiger partial charge >= 0.3 is 0 Å². The third kappa shape index (κ3) is 2.26. The highest BCUT2D eigenvalue weighted by Gasteiger charge is 2.12. The fourth-order valence-electron chi connectivity index (χ4n) is 1.02. The molecule has 0 heterocycles. The summed E-state index contributed by atoms with van der Waals surface area (Å²) in [7, 11) is 0. The van der Waals surface area contributed by atoms with Gasteiger partial charge in [0.05, 0.1) is 11.5 Å². The molecule has 0 saturated heterocycles. The SMILES string of the molecule is O=[N+]([O-])c1ccc(CO)cc1CBr. The van der Waals surface area contributed by atoms with Crippen molar-refractivity contribution in [1.82, 2.24) is 0 Å². The maximum Gasteiger partial charge on any atom is 0.273 e. The first-order valence-electron chi connectivity index (χ1n) is 3.62. The Balaban J connectivity index is 3.15. The van der Waals surface area contributed by atoms with Gasteiger partial charge in [0.2, 0.25) is 0 Å². The maximum absolute atomic E-state index is 10.5. The lowest BCUT2D eigenvalue weighted by molar-refractivity contribution is -0.385. The van der Waals surface area contributed by atoms with Crippen molar-refractivity contribution in [3.63, 3.8) is 0 Å². The Labute approximate surface area is 83.5 Å². The summed E-state index contributed by atoms with van der Waals surface area (Å²) in [5.74, 6) is 0. The minimum Gasteiger partial charge on any atom is -0.392 e. The van der Waals surface area contributed by atoms with Crippen molar-refractivity contribution in [3.05, 3.63) is 39.4 Å². The van der Waals surface area contributed by atoms with Crippen molar-refractivity contribution < 1.29 is 10.0 Å². The standard InChI is InChI=1S/C8H8BrNO3/c9-4-7-3-6(5-11)1-2-8(7)10(12)13/h1-3,11H,4-5H2. The molecule has 0 unspecified atom stereocenters. The molecule has 13 heavy (non-hydrogen) atoms. The highest BCUT2D eigenvalue weighted by atomic mass is 79.9. The van der Waals surface area contributed by atoms with Crippen LogP contribution in [0, 0.1) is 10.1 Å². The molecule has 1 aromatic carbocycles. The lowest BCUT2D eigenvalue weighted by Gasteiger charge is -2.01. The van der Waals surface area contributed by atoms with Crippen LogP contribution in [0.25, 0.3) is 0 Å². The number of nitro benzene ring substituents is 1. The van der Waals surface area contributed by atoms with Crippen molar-refractivity contribution >= 4 is 21.6 Å². The molecule has 0 spiro atoms. The van der Waals surface area contributed by atoms with Crippen LogP contribution >= 0.6 is 15.9 Å². The van der Waals surface area contributed by atoms with Gasteiger partial charge in [0.15, 0.2) is 0 Å². The fraction of sp³-hybridized carbons (Fsp3) is 0.250. The Hall–Kier alpha value is -0.940.